The third kappa shape index (κ3) is 3.68. The minimum absolute atomic E-state index is 0.207. The van der Waals surface area contributed by atoms with Crippen LogP contribution >= 0.6 is 11.3 Å². The lowest BCUT2D eigenvalue weighted by Crippen LogP contribution is -2.51. The maximum absolute atomic E-state index is 12.5. The number of aromatic nitrogens is 2. The van der Waals surface area contributed by atoms with Crippen molar-refractivity contribution in [1.29, 1.82) is 0 Å². The van der Waals surface area contributed by atoms with E-state index < -0.39 is 12.5 Å². The third-order valence-corrected chi connectivity index (χ3v) is 6.69. The zero-order valence-corrected chi connectivity index (χ0v) is 16.8. The van der Waals surface area contributed by atoms with Gasteiger partial charge in [0.2, 0.25) is 11.9 Å². The number of carbonyl (C=O) groups excluding carboxylic acids is 2. The highest BCUT2D eigenvalue weighted by atomic mass is 32.1. The van der Waals surface area contributed by atoms with Gasteiger partial charge in [-0.2, -0.15) is 4.98 Å². The van der Waals surface area contributed by atoms with E-state index in [2.05, 4.69) is 33.2 Å². The van der Waals surface area contributed by atoms with Crippen LogP contribution in [0.2, 0.25) is 0 Å². The van der Waals surface area contributed by atoms with Gasteiger partial charge in [0, 0.05) is 37.0 Å². The molecule has 0 spiro atoms. The number of aliphatic hydroxyl groups excluding tert-OH is 1. The molecule has 1 aliphatic heterocycles. The zero-order chi connectivity index (χ0) is 19.7. The van der Waals surface area contributed by atoms with E-state index in [9.17, 15) is 9.59 Å². The summed E-state index contributed by atoms with van der Waals surface area (Å²) < 4.78 is 0. The minimum atomic E-state index is -0.608. The molecule has 0 atom stereocenters. The first-order valence-corrected chi connectivity index (χ1v) is 10.7. The second kappa shape index (κ2) is 8.00. The number of nitrogens with one attached hydrogen (secondary N) is 1. The fraction of sp³-hybridized carbons (Fsp3) is 0.579. The summed E-state index contributed by atoms with van der Waals surface area (Å²) in [7, 11) is 0. The number of hydrogen-bond donors (Lipinski definition) is 2. The number of rotatable bonds is 5. The molecule has 9 heteroatoms. The van der Waals surface area contributed by atoms with Crippen LogP contribution < -0.4 is 10.2 Å². The van der Waals surface area contributed by atoms with E-state index in [1.807, 2.05) is 4.90 Å². The third-order valence-electron chi connectivity index (χ3n) is 5.51. The molecule has 3 heterocycles. The van der Waals surface area contributed by atoms with E-state index >= 15 is 0 Å². The van der Waals surface area contributed by atoms with Crippen molar-refractivity contribution in [1.82, 2.24) is 14.9 Å². The second-order valence-corrected chi connectivity index (χ2v) is 8.42. The molecule has 2 aromatic heterocycles. The largest absolute Gasteiger partial charge is 0.387 e. The summed E-state index contributed by atoms with van der Waals surface area (Å²) in [5, 5.41) is 12.5. The number of piperazine rings is 1. The molecule has 1 aliphatic carbocycles. The quantitative estimate of drug-likeness (QED) is 0.787. The SMILES string of the molecule is CCc1cc2c(N3CCN(C(=O)C4CCC4)CC3)nc(NC(=O)CO)nc2s1. The van der Waals surface area contributed by atoms with Gasteiger partial charge in [0.25, 0.3) is 5.91 Å². The molecule has 0 aromatic carbocycles. The molecule has 1 saturated carbocycles. The molecule has 2 N–H and O–H groups in total. The highest BCUT2D eigenvalue weighted by Crippen LogP contribution is 2.33. The van der Waals surface area contributed by atoms with E-state index in [0.717, 1.165) is 41.7 Å². The molecule has 0 unspecified atom stereocenters. The van der Waals surface area contributed by atoms with Gasteiger partial charge in [0.15, 0.2) is 0 Å². The predicted octanol–water partition coefficient (Wildman–Crippen LogP) is 1.63. The summed E-state index contributed by atoms with van der Waals surface area (Å²) in [5.74, 6) is 0.970. The lowest BCUT2D eigenvalue weighted by molar-refractivity contribution is -0.138. The fourth-order valence-corrected chi connectivity index (χ4v) is 4.61. The summed E-state index contributed by atoms with van der Waals surface area (Å²) in [6.45, 7) is 4.26. The Morgan fingerprint density at radius 2 is 2.00 bits per heavy atom. The van der Waals surface area contributed by atoms with Crippen LogP contribution in [0.3, 0.4) is 0 Å². The van der Waals surface area contributed by atoms with Crippen molar-refractivity contribution in [3.8, 4) is 0 Å². The van der Waals surface area contributed by atoms with Crippen LogP contribution in [0.5, 0.6) is 0 Å². The number of anilines is 2. The summed E-state index contributed by atoms with van der Waals surface area (Å²) in [4.78, 5) is 39.3. The van der Waals surface area contributed by atoms with Crippen LogP contribution in [0.4, 0.5) is 11.8 Å². The number of amides is 2. The van der Waals surface area contributed by atoms with Gasteiger partial charge in [-0.25, -0.2) is 4.98 Å². The van der Waals surface area contributed by atoms with Crippen molar-refractivity contribution >= 4 is 45.1 Å². The van der Waals surface area contributed by atoms with Gasteiger partial charge in [-0.3, -0.25) is 14.9 Å². The Labute approximate surface area is 167 Å². The van der Waals surface area contributed by atoms with Crippen LogP contribution in [0.25, 0.3) is 10.2 Å². The minimum Gasteiger partial charge on any atom is -0.387 e. The van der Waals surface area contributed by atoms with Crippen LogP contribution in [0.1, 0.15) is 31.1 Å². The van der Waals surface area contributed by atoms with E-state index in [-0.39, 0.29) is 11.9 Å². The second-order valence-electron chi connectivity index (χ2n) is 7.30. The van der Waals surface area contributed by atoms with Gasteiger partial charge in [-0.05, 0) is 25.3 Å². The average Bonchev–Trinajstić information content (AvgIpc) is 3.09. The lowest BCUT2D eigenvalue weighted by Gasteiger charge is -2.38. The number of fused-ring (bicyclic) bond motifs is 1. The first kappa shape index (κ1) is 19.1. The van der Waals surface area contributed by atoms with E-state index in [4.69, 9.17) is 5.11 Å². The molecule has 150 valence electrons. The Balaban J connectivity index is 1.57. The molecular formula is C19H25N5O3S. The zero-order valence-electron chi connectivity index (χ0n) is 16.0. The van der Waals surface area contributed by atoms with Gasteiger partial charge in [0.1, 0.15) is 17.3 Å². The van der Waals surface area contributed by atoms with Gasteiger partial charge in [-0.1, -0.05) is 13.3 Å². The lowest BCUT2D eigenvalue weighted by atomic mass is 9.84. The molecular weight excluding hydrogens is 378 g/mol. The predicted molar refractivity (Wildman–Crippen MR) is 109 cm³/mol. The topological polar surface area (TPSA) is 98.7 Å². The smallest absolute Gasteiger partial charge is 0.252 e. The molecule has 2 aromatic rings. The summed E-state index contributed by atoms with van der Waals surface area (Å²) in [5.41, 5.74) is 0. The Morgan fingerprint density at radius 1 is 1.25 bits per heavy atom. The number of carbonyl (C=O) groups is 2. The van der Waals surface area contributed by atoms with Crippen LogP contribution in [-0.4, -0.2) is 64.6 Å². The summed E-state index contributed by atoms with van der Waals surface area (Å²) >= 11 is 1.59. The van der Waals surface area contributed by atoms with E-state index in [0.29, 0.717) is 32.1 Å². The molecule has 2 aliphatic rings. The maximum atomic E-state index is 12.5. The molecule has 2 fully saturated rings. The Morgan fingerprint density at radius 3 is 2.61 bits per heavy atom. The van der Waals surface area contributed by atoms with Crippen LogP contribution in [0, 0.1) is 5.92 Å². The Kier molecular flexibility index (Phi) is 5.45. The number of aryl methyl sites for hydroxylation is 1. The first-order valence-electron chi connectivity index (χ1n) is 9.84. The van der Waals surface area contributed by atoms with E-state index in [1.54, 1.807) is 11.3 Å². The number of thiophene rings is 1. The Bertz CT molecular complexity index is 887. The van der Waals surface area contributed by atoms with Crippen LogP contribution in [-0.2, 0) is 16.0 Å². The monoisotopic (exact) mass is 403 g/mol. The van der Waals surface area contributed by atoms with Gasteiger partial charge in [-0.15, -0.1) is 11.3 Å². The normalized spacial score (nSPS) is 17.6. The number of aliphatic hydroxyl groups is 1. The van der Waals surface area contributed by atoms with Gasteiger partial charge in [0.05, 0.1) is 5.39 Å². The molecule has 1 saturated heterocycles. The van der Waals surface area contributed by atoms with Crippen molar-refractivity contribution in [2.75, 3.05) is 43.0 Å². The molecule has 0 radical (unpaired) electrons. The van der Waals surface area contributed by atoms with E-state index in [1.165, 1.54) is 4.88 Å². The van der Waals surface area contributed by atoms with Crippen molar-refractivity contribution in [3.05, 3.63) is 10.9 Å². The molecule has 2 amide bonds. The highest BCUT2D eigenvalue weighted by molar-refractivity contribution is 7.18. The summed E-state index contributed by atoms with van der Waals surface area (Å²) in [6, 6.07) is 2.11. The first-order chi connectivity index (χ1) is 13.6. The van der Waals surface area contributed by atoms with Crippen molar-refractivity contribution in [3.63, 3.8) is 0 Å². The van der Waals surface area contributed by atoms with Gasteiger partial charge >= 0.3 is 0 Å². The van der Waals surface area contributed by atoms with Crippen molar-refractivity contribution < 1.29 is 14.7 Å². The van der Waals surface area contributed by atoms with Crippen molar-refractivity contribution in [2.24, 2.45) is 5.92 Å². The van der Waals surface area contributed by atoms with Crippen LogP contribution in [0.15, 0.2) is 6.07 Å². The molecule has 28 heavy (non-hydrogen) atoms. The molecule has 0 bridgehead atoms. The highest BCUT2D eigenvalue weighted by Gasteiger charge is 2.32. The summed E-state index contributed by atoms with van der Waals surface area (Å²) in [6.07, 6.45) is 4.11. The fourth-order valence-electron chi connectivity index (χ4n) is 3.64. The van der Waals surface area contributed by atoms with Gasteiger partial charge < -0.3 is 14.9 Å². The molecule has 4 rings (SSSR count). The maximum Gasteiger partial charge on any atom is 0.252 e. The number of hydrogen-bond acceptors (Lipinski definition) is 7. The average molecular weight is 404 g/mol. The Hall–Kier alpha value is -2.26. The number of nitrogens with zero attached hydrogens (tertiary/aromatic N) is 4. The molecule has 8 nitrogen and oxygen atoms in total. The standard InChI is InChI=1S/C19H25N5O3S/c1-2-13-10-14-16(21-19(20-15(26)11-25)22-17(14)28-13)23-6-8-24(9-7-23)18(27)12-4-3-5-12/h10,12,25H,2-9,11H2,1H3,(H,20,21,22,26). The van der Waals surface area contributed by atoms with Crippen molar-refractivity contribution in [2.45, 2.75) is 32.6 Å².